The fraction of sp³-hybridized carbons (Fsp3) is 0.238. The van der Waals surface area contributed by atoms with Crippen molar-refractivity contribution in [2.75, 3.05) is 31.1 Å². The van der Waals surface area contributed by atoms with Crippen molar-refractivity contribution in [1.82, 2.24) is 4.90 Å². The average molecular weight is 387 g/mol. The summed E-state index contributed by atoms with van der Waals surface area (Å²) in [4.78, 5) is 4.86. The standard InChI is InChI=1S/C21H20Cl2N2O/c22-19-8-6-16(14-20(19)23)21-9-7-18(26-21)15-24-10-12-25(13-11-24)17-4-2-1-3-5-17/h1-9,14H,10-13,15H2. The van der Waals surface area contributed by atoms with Gasteiger partial charge in [-0.25, -0.2) is 0 Å². The molecule has 0 atom stereocenters. The molecule has 0 aliphatic carbocycles. The van der Waals surface area contributed by atoms with Crippen molar-refractivity contribution in [3.8, 4) is 11.3 Å². The fourth-order valence-corrected chi connectivity index (χ4v) is 3.59. The number of piperazine rings is 1. The Morgan fingerprint density at radius 3 is 2.31 bits per heavy atom. The van der Waals surface area contributed by atoms with E-state index in [2.05, 4.69) is 40.1 Å². The monoisotopic (exact) mass is 386 g/mol. The second kappa shape index (κ2) is 7.75. The molecule has 0 bridgehead atoms. The number of rotatable bonds is 4. The Labute approximate surface area is 163 Å². The summed E-state index contributed by atoms with van der Waals surface area (Å²) in [5.74, 6) is 1.79. The lowest BCUT2D eigenvalue weighted by Gasteiger charge is -2.35. The lowest BCUT2D eigenvalue weighted by Crippen LogP contribution is -2.45. The quantitative estimate of drug-likeness (QED) is 0.583. The lowest BCUT2D eigenvalue weighted by molar-refractivity contribution is 0.231. The molecule has 1 aliphatic heterocycles. The predicted molar refractivity (Wildman–Crippen MR) is 108 cm³/mol. The van der Waals surface area contributed by atoms with E-state index in [9.17, 15) is 0 Å². The van der Waals surface area contributed by atoms with Gasteiger partial charge < -0.3 is 9.32 Å². The average Bonchev–Trinajstić information content (AvgIpc) is 3.14. The maximum Gasteiger partial charge on any atom is 0.134 e. The topological polar surface area (TPSA) is 19.6 Å². The first-order valence-electron chi connectivity index (χ1n) is 8.75. The van der Waals surface area contributed by atoms with Crippen LogP contribution < -0.4 is 4.90 Å². The highest BCUT2D eigenvalue weighted by atomic mass is 35.5. The normalized spacial score (nSPS) is 15.4. The summed E-state index contributed by atoms with van der Waals surface area (Å²) >= 11 is 12.1. The maximum atomic E-state index is 6.10. The van der Waals surface area contributed by atoms with Gasteiger partial charge in [0.25, 0.3) is 0 Å². The Kier molecular flexibility index (Phi) is 5.21. The highest BCUT2D eigenvalue weighted by Gasteiger charge is 2.18. The first kappa shape index (κ1) is 17.5. The van der Waals surface area contributed by atoms with Crippen LogP contribution in [0.3, 0.4) is 0 Å². The van der Waals surface area contributed by atoms with Crippen LogP contribution in [0.25, 0.3) is 11.3 Å². The lowest BCUT2D eigenvalue weighted by atomic mass is 10.2. The summed E-state index contributed by atoms with van der Waals surface area (Å²) in [5.41, 5.74) is 2.24. The SMILES string of the molecule is Clc1ccc(-c2ccc(CN3CCN(c4ccccc4)CC3)o2)cc1Cl. The Balaban J connectivity index is 1.37. The van der Waals surface area contributed by atoms with Gasteiger partial charge >= 0.3 is 0 Å². The zero-order chi connectivity index (χ0) is 17.9. The summed E-state index contributed by atoms with van der Waals surface area (Å²) in [6.07, 6.45) is 0. The molecule has 2 heterocycles. The molecule has 0 amide bonds. The van der Waals surface area contributed by atoms with Crippen LogP contribution in [0.4, 0.5) is 5.69 Å². The molecular formula is C21H20Cl2N2O. The molecule has 0 N–H and O–H groups in total. The van der Waals surface area contributed by atoms with Crippen molar-refractivity contribution in [3.63, 3.8) is 0 Å². The fourth-order valence-electron chi connectivity index (χ4n) is 3.29. The smallest absolute Gasteiger partial charge is 0.134 e. The van der Waals surface area contributed by atoms with Gasteiger partial charge in [-0.3, -0.25) is 4.90 Å². The second-order valence-corrected chi connectivity index (χ2v) is 7.31. The molecule has 5 heteroatoms. The molecule has 134 valence electrons. The summed E-state index contributed by atoms with van der Waals surface area (Å²) in [7, 11) is 0. The molecule has 26 heavy (non-hydrogen) atoms. The molecule has 3 nitrogen and oxygen atoms in total. The number of para-hydroxylation sites is 1. The summed E-state index contributed by atoms with van der Waals surface area (Å²) in [5, 5.41) is 1.10. The maximum absolute atomic E-state index is 6.10. The summed E-state index contributed by atoms with van der Waals surface area (Å²) in [6, 6.07) is 20.2. The number of halogens is 2. The van der Waals surface area contributed by atoms with Crippen molar-refractivity contribution in [2.45, 2.75) is 6.54 Å². The van der Waals surface area contributed by atoms with Crippen LogP contribution in [0, 0.1) is 0 Å². The number of furan rings is 1. The third-order valence-corrected chi connectivity index (χ3v) is 5.48. The molecule has 3 aromatic rings. The van der Waals surface area contributed by atoms with Crippen molar-refractivity contribution >= 4 is 28.9 Å². The molecule has 1 aromatic heterocycles. The van der Waals surface area contributed by atoms with Crippen molar-refractivity contribution < 1.29 is 4.42 Å². The van der Waals surface area contributed by atoms with Crippen LogP contribution in [0.5, 0.6) is 0 Å². The molecular weight excluding hydrogens is 367 g/mol. The van der Waals surface area contributed by atoms with Gasteiger partial charge in [-0.05, 0) is 42.5 Å². The van der Waals surface area contributed by atoms with Gasteiger partial charge in [-0.2, -0.15) is 0 Å². The zero-order valence-electron chi connectivity index (χ0n) is 14.4. The summed E-state index contributed by atoms with van der Waals surface area (Å²) < 4.78 is 6.02. The van der Waals surface area contributed by atoms with E-state index < -0.39 is 0 Å². The van der Waals surface area contributed by atoms with Crippen LogP contribution >= 0.6 is 23.2 Å². The summed E-state index contributed by atoms with van der Waals surface area (Å²) in [6.45, 7) is 4.94. The van der Waals surface area contributed by atoms with Crippen molar-refractivity contribution in [2.24, 2.45) is 0 Å². The molecule has 0 radical (unpaired) electrons. The highest BCUT2D eigenvalue weighted by Crippen LogP contribution is 2.30. The number of hydrogen-bond donors (Lipinski definition) is 0. The zero-order valence-corrected chi connectivity index (χ0v) is 15.9. The Bertz CT molecular complexity index is 871. The first-order chi connectivity index (χ1) is 12.7. The van der Waals surface area contributed by atoms with Gasteiger partial charge in [-0.1, -0.05) is 41.4 Å². The molecule has 1 aliphatic rings. The van der Waals surface area contributed by atoms with Crippen LogP contribution in [-0.4, -0.2) is 31.1 Å². The Morgan fingerprint density at radius 1 is 0.808 bits per heavy atom. The first-order valence-corrected chi connectivity index (χ1v) is 9.51. The van der Waals surface area contributed by atoms with E-state index in [-0.39, 0.29) is 0 Å². The molecule has 0 unspecified atom stereocenters. The van der Waals surface area contributed by atoms with E-state index in [4.69, 9.17) is 27.6 Å². The number of anilines is 1. The second-order valence-electron chi connectivity index (χ2n) is 6.49. The van der Waals surface area contributed by atoms with Gasteiger partial charge in [0.15, 0.2) is 0 Å². The number of nitrogens with zero attached hydrogens (tertiary/aromatic N) is 2. The van der Waals surface area contributed by atoms with Gasteiger partial charge in [0.1, 0.15) is 11.5 Å². The van der Waals surface area contributed by atoms with Gasteiger partial charge in [-0.15, -0.1) is 0 Å². The van der Waals surface area contributed by atoms with E-state index in [1.165, 1.54) is 5.69 Å². The third-order valence-electron chi connectivity index (χ3n) is 4.74. The van der Waals surface area contributed by atoms with Gasteiger partial charge in [0, 0.05) is 37.4 Å². The van der Waals surface area contributed by atoms with Crippen LogP contribution in [0.15, 0.2) is 65.1 Å². The minimum Gasteiger partial charge on any atom is -0.460 e. The van der Waals surface area contributed by atoms with Crippen LogP contribution in [-0.2, 0) is 6.54 Å². The predicted octanol–water partition coefficient (Wildman–Crippen LogP) is 5.58. The van der Waals surface area contributed by atoms with E-state index in [1.54, 1.807) is 6.07 Å². The van der Waals surface area contributed by atoms with Crippen molar-refractivity contribution in [3.05, 3.63) is 76.5 Å². The molecule has 1 saturated heterocycles. The van der Waals surface area contributed by atoms with Crippen LogP contribution in [0.2, 0.25) is 10.0 Å². The van der Waals surface area contributed by atoms with E-state index in [0.29, 0.717) is 10.0 Å². The third kappa shape index (κ3) is 3.90. The molecule has 4 rings (SSSR count). The molecule has 0 saturated carbocycles. The van der Waals surface area contributed by atoms with Crippen molar-refractivity contribution in [1.29, 1.82) is 0 Å². The Hall–Kier alpha value is -1.94. The molecule has 0 spiro atoms. The minimum atomic E-state index is 0.541. The van der Waals surface area contributed by atoms with Gasteiger partial charge in [0.2, 0.25) is 0 Å². The van der Waals surface area contributed by atoms with E-state index in [1.807, 2.05) is 24.3 Å². The van der Waals surface area contributed by atoms with E-state index in [0.717, 1.165) is 49.8 Å². The highest BCUT2D eigenvalue weighted by molar-refractivity contribution is 6.42. The molecule has 1 fully saturated rings. The largest absolute Gasteiger partial charge is 0.460 e. The molecule has 2 aromatic carbocycles. The minimum absolute atomic E-state index is 0.541. The Morgan fingerprint density at radius 2 is 1.58 bits per heavy atom. The number of benzene rings is 2. The van der Waals surface area contributed by atoms with Crippen LogP contribution in [0.1, 0.15) is 5.76 Å². The van der Waals surface area contributed by atoms with E-state index >= 15 is 0 Å². The van der Waals surface area contributed by atoms with Gasteiger partial charge in [0.05, 0.1) is 16.6 Å². The number of hydrogen-bond acceptors (Lipinski definition) is 3.